The number of carbonyl (C=O) groups is 1. The van der Waals surface area contributed by atoms with Crippen LogP contribution in [0.25, 0.3) is 0 Å². The van der Waals surface area contributed by atoms with Crippen molar-refractivity contribution in [2.24, 2.45) is 0 Å². The van der Waals surface area contributed by atoms with Gasteiger partial charge in [-0.2, -0.15) is 0 Å². The van der Waals surface area contributed by atoms with Crippen molar-refractivity contribution >= 4 is 23.0 Å². The van der Waals surface area contributed by atoms with E-state index in [4.69, 9.17) is 4.84 Å². The van der Waals surface area contributed by atoms with Crippen LogP contribution in [0.3, 0.4) is 0 Å². The highest BCUT2D eigenvalue weighted by atomic mass is 16.7. The number of benzene rings is 2. The number of nitrogens with zero attached hydrogens (tertiary/aromatic N) is 2. The smallest absolute Gasteiger partial charge is 0.337 e. The Labute approximate surface area is 123 Å². The molecule has 0 radical (unpaired) electrons. The first kappa shape index (κ1) is 14.9. The van der Waals surface area contributed by atoms with Crippen molar-refractivity contribution in [2.75, 3.05) is 5.48 Å². The van der Waals surface area contributed by atoms with E-state index in [1.807, 2.05) is 0 Å². The molecule has 0 saturated heterocycles. The largest absolute Gasteiger partial charge is 0.369 e. The van der Waals surface area contributed by atoms with Crippen molar-refractivity contribution in [3.63, 3.8) is 0 Å². The Bertz CT molecular complexity index is 746. The summed E-state index contributed by atoms with van der Waals surface area (Å²) in [5.74, 6) is -1.02. The first-order valence-electron chi connectivity index (χ1n) is 5.94. The molecule has 0 amide bonds. The third-order valence-corrected chi connectivity index (χ3v) is 2.68. The molecule has 9 heteroatoms. The van der Waals surface area contributed by atoms with E-state index in [0.29, 0.717) is 0 Å². The zero-order chi connectivity index (χ0) is 16.1. The van der Waals surface area contributed by atoms with E-state index in [1.165, 1.54) is 42.5 Å². The van der Waals surface area contributed by atoms with Crippen molar-refractivity contribution in [3.8, 4) is 0 Å². The van der Waals surface area contributed by atoms with Crippen LogP contribution < -0.4 is 5.48 Å². The number of para-hydroxylation sites is 3. The van der Waals surface area contributed by atoms with Crippen molar-refractivity contribution in [1.82, 2.24) is 0 Å². The minimum atomic E-state index is -1.02. The molecular weight excluding hydrogens is 294 g/mol. The van der Waals surface area contributed by atoms with Gasteiger partial charge in [-0.1, -0.05) is 24.3 Å². The molecule has 0 aliphatic rings. The Morgan fingerprint density at radius 2 is 1.45 bits per heavy atom. The van der Waals surface area contributed by atoms with Gasteiger partial charge in [-0.05, 0) is 12.1 Å². The number of nitro groups is 2. The predicted molar refractivity (Wildman–Crippen MR) is 75.2 cm³/mol. The van der Waals surface area contributed by atoms with Crippen LogP contribution >= 0.6 is 0 Å². The molecule has 0 spiro atoms. The lowest BCUT2D eigenvalue weighted by molar-refractivity contribution is -0.385. The molecule has 0 aliphatic heterocycles. The molecule has 0 bridgehead atoms. The molecule has 22 heavy (non-hydrogen) atoms. The summed E-state index contributed by atoms with van der Waals surface area (Å²) in [6.07, 6.45) is 0. The highest BCUT2D eigenvalue weighted by Gasteiger charge is 2.22. The van der Waals surface area contributed by atoms with Gasteiger partial charge >= 0.3 is 5.97 Å². The molecule has 0 saturated carbocycles. The average Bonchev–Trinajstić information content (AvgIpc) is 2.52. The zero-order valence-electron chi connectivity index (χ0n) is 11.0. The lowest BCUT2D eigenvalue weighted by atomic mass is 10.2. The van der Waals surface area contributed by atoms with Crippen LogP contribution in [0.15, 0.2) is 48.5 Å². The molecule has 2 aromatic rings. The third-order valence-electron chi connectivity index (χ3n) is 2.68. The normalized spacial score (nSPS) is 9.82. The fourth-order valence-electron chi connectivity index (χ4n) is 1.68. The number of carbonyl (C=O) groups excluding carboxylic acids is 1. The van der Waals surface area contributed by atoms with Crippen LogP contribution in [-0.4, -0.2) is 15.8 Å². The van der Waals surface area contributed by atoms with Crippen molar-refractivity contribution in [3.05, 3.63) is 74.3 Å². The Hall–Kier alpha value is -3.49. The second-order valence-electron chi connectivity index (χ2n) is 4.04. The van der Waals surface area contributed by atoms with Crippen LogP contribution in [0.5, 0.6) is 0 Å². The maximum Gasteiger partial charge on any atom is 0.369 e. The molecule has 9 nitrogen and oxygen atoms in total. The van der Waals surface area contributed by atoms with E-state index in [1.54, 1.807) is 0 Å². The zero-order valence-corrected chi connectivity index (χ0v) is 11.0. The highest BCUT2D eigenvalue weighted by Crippen LogP contribution is 2.24. The second-order valence-corrected chi connectivity index (χ2v) is 4.04. The quantitative estimate of drug-likeness (QED) is 0.664. The van der Waals surface area contributed by atoms with E-state index < -0.39 is 21.5 Å². The van der Waals surface area contributed by atoms with Gasteiger partial charge in [-0.3, -0.25) is 20.2 Å². The molecule has 0 heterocycles. The summed E-state index contributed by atoms with van der Waals surface area (Å²) in [7, 11) is 0. The Balaban J connectivity index is 2.18. The number of nitrogens with one attached hydrogen (secondary N) is 1. The maximum atomic E-state index is 11.9. The van der Waals surface area contributed by atoms with E-state index in [-0.39, 0.29) is 16.9 Å². The van der Waals surface area contributed by atoms with Crippen LogP contribution in [0.1, 0.15) is 10.4 Å². The standard InChI is InChI=1S/C13H9N3O6/c17-13(9-5-1-3-7-11(9)15(18)19)22-14-10-6-2-4-8-12(10)16(20)21/h1-8,14H. The Kier molecular flexibility index (Phi) is 4.27. The molecule has 112 valence electrons. The molecule has 1 N–H and O–H groups in total. The number of anilines is 1. The summed E-state index contributed by atoms with van der Waals surface area (Å²) in [6, 6.07) is 10.7. The summed E-state index contributed by atoms with van der Waals surface area (Å²) < 4.78 is 0. The minimum absolute atomic E-state index is 0.0422. The van der Waals surface area contributed by atoms with E-state index >= 15 is 0 Å². The van der Waals surface area contributed by atoms with E-state index in [2.05, 4.69) is 5.48 Å². The van der Waals surface area contributed by atoms with Gasteiger partial charge in [0.25, 0.3) is 11.4 Å². The van der Waals surface area contributed by atoms with Crippen molar-refractivity contribution < 1.29 is 19.5 Å². The SMILES string of the molecule is O=C(ONc1ccccc1[N+](=O)[O-])c1ccccc1[N+](=O)[O-]. The average molecular weight is 303 g/mol. The van der Waals surface area contributed by atoms with Gasteiger partial charge in [-0.15, -0.1) is 0 Å². The van der Waals surface area contributed by atoms with Crippen LogP contribution in [-0.2, 0) is 4.84 Å². The maximum absolute atomic E-state index is 11.9. The van der Waals surface area contributed by atoms with Gasteiger partial charge in [0.05, 0.1) is 9.85 Å². The molecule has 0 unspecified atom stereocenters. The topological polar surface area (TPSA) is 125 Å². The first-order valence-corrected chi connectivity index (χ1v) is 5.94. The molecule has 0 aromatic heterocycles. The number of hydrogen-bond acceptors (Lipinski definition) is 7. The van der Waals surface area contributed by atoms with Gasteiger partial charge in [-0.25, -0.2) is 10.3 Å². The number of rotatable bonds is 5. The van der Waals surface area contributed by atoms with Gasteiger partial charge in [0.2, 0.25) is 0 Å². The number of nitro benzene ring substituents is 2. The molecule has 2 rings (SSSR count). The summed E-state index contributed by atoms with van der Waals surface area (Å²) in [6.45, 7) is 0. The van der Waals surface area contributed by atoms with Gasteiger partial charge in [0.1, 0.15) is 11.3 Å². The lowest BCUT2D eigenvalue weighted by Crippen LogP contribution is -2.13. The first-order chi connectivity index (χ1) is 10.5. The second kappa shape index (κ2) is 6.31. The van der Waals surface area contributed by atoms with E-state index in [9.17, 15) is 25.0 Å². The van der Waals surface area contributed by atoms with Crippen molar-refractivity contribution in [2.45, 2.75) is 0 Å². The molecular formula is C13H9N3O6. The molecule has 0 atom stereocenters. The Morgan fingerprint density at radius 3 is 2.09 bits per heavy atom. The fraction of sp³-hybridized carbons (Fsp3) is 0. The van der Waals surface area contributed by atoms with Crippen LogP contribution in [0.4, 0.5) is 17.1 Å². The number of hydrogen-bond donors (Lipinski definition) is 1. The van der Waals surface area contributed by atoms with Crippen LogP contribution in [0.2, 0.25) is 0 Å². The van der Waals surface area contributed by atoms with Crippen LogP contribution in [0, 0.1) is 20.2 Å². The van der Waals surface area contributed by atoms with Gasteiger partial charge in [0.15, 0.2) is 0 Å². The summed E-state index contributed by atoms with van der Waals surface area (Å²) in [4.78, 5) is 36.8. The lowest BCUT2D eigenvalue weighted by Gasteiger charge is -2.07. The summed E-state index contributed by atoms with van der Waals surface area (Å²) >= 11 is 0. The van der Waals surface area contributed by atoms with E-state index in [0.717, 1.165) is 6.07 Å². The molecule has 0 fully saturated rings. The third kappa shape index (κ3) is 3.15. The predicted octanol–water partition coefficient (Wildman–Crippen LogP) is 2.69. The van der Waals surface area contributed by atoms with Gasteiger partial charge < -0.3 is 4.84 Å². The Morgan fingerprint density at radius 1 is 0.909 bits per heavy atom. The monoisotopic (exact) mass is 303 g/mol. The minimum Gasteiger partial charge on any atom is -0.337 e. The van der Waals surface area contributed by atoms with Crippen molar-refractivity contribution in [1.29, 1.82) is 0 Å². The highest BCUT2D eigenvalue weighted by molar-refractivity contribution is 5.94. The van der Waals surface area contributed by atoms with Gasteiger partial charge in [0, 0.05) is 12.1 Å². The molecule has 2 aromatic carbocycles. The fourth-order valence-corrected chi connectivity index (χ4v) is 1.68. The molecule has 0 aliphatic carbocycles. The summed E-state index contributed by atoms with van der Waals surface area (Å²) in [5, 5.41) is 21.6. The summed E-state index contributed by atoms with van der Waals surface area (Å²) in [5.41, 5.74) is 1.12.